The quantitative estimate of drug-likeness (QED) is 0.163. The average Bonchev–Trinajstić information content (AvgIpc) is 3.01. The lowest BCUT2D eigenvalue weighted by atomic mass is 9.76. The van der Waals surface area contributed by atoms with Crippen LogP contribution in [0.5, 0.6) is 0 Å². The molecule has 3 N–H and O–H groups in total. The molecule has 1 aliphatic heterocycles. The van der Waals surface area contributed by atoms with E-state index in [4.69, 9.17) is 27.9 Å². The fourth-order valence-electron chi connectivity index (χ4n) is 6.66. The second kappa shape index (κ2) is 14.2. The smallest absolute Gasteiger partial charge is 0.382 e. The Morgan fingerprint density at radius 3 is 2.45 bits per heavy atom. The van der Waals surface area contributed by atoms with Gasteiger partial charge in [-0.2, -0.15) is 8.78 Å². The molecule has 3 aromatic carbocycles. The Morgan fingerprint density at radius 1 is 1.02 bits per heavy atom. The maximum absolute atomic E-state index is 15.0. The zero-order chi connectivity index (χ0) is 34.1. The summed E-state index contributed by atoms with van der Waals surface area (Å²) in [4.78, 5) is 28.1. The highest BCUT2D eigenvalue weighted by molar-refractivity contribution is 6.35. The number of aliphatic hydroxyl groups excluding tert-OH is 2. The summed E-state index contributed by atoms with van der Waals surface area (Å²) < 4.78 is 35.0. The summed E-state index contributed by atoms with van der Waals surface area (Å²) in [5.41, 5.74) is 0.597. The molecule has 0 saturated heterocycles. The maximum atomic E-state index is 15.0. The minimum Gasteiger partial charge on any atom is -0.455 e. The Bertz CT molecular complexity index is 1610. The van der Waals surface area contributed by atoms with Gasteiger partial charge in [0, 0.05) is 33.6 Å². The SMILES string of the molecule is CC(C)(C)OC(=O)C(F)(F)c1cccc(CCNC(O)[C@@H]2c3ccccc3C(=O)N([C@H]3CCCC[C@@H]3O)[C@H]2c2ccc(Cl)cc2Cl)c1. The summed E-state index contributed by atoms with van der Waals surface area (Å²) in [6.07, 6.45) is 1.12. The van der Waals surface area contributed by atoms with Crippen LogP contribution in [0.1, 0.15) is 91.0 Å². The fraction of sp³-hybridized carbons (Fsp3) is 0.444. The molecule has 1 fully saturated rings. The lowest BCUT2D eigenvalue weighted by molar-refractivity contribution is -0.185. The molecule has 0 bridgehead atoms. The van der Waals surface area contributed by atoms with E-state index in [0.29, 0.717) is 45.1 Å². The summed E-state index contributed by atoms with van der Waals surface area (Å²) in [5, 5.41) is 26.8. The largest absolute Gasteiger partial charge is 0.455 e. The third-order valence-electron chi connectivity index (χ3n) is 8.81. The van der Waals surface area contributed by atoms with Crippen molar-refractivity contribution in [2.45, 2.75) is 94.7 Å². The van der Waals surface area contributed by atoms with Crippen molar-refractivity contribution in [3.05, 3.63) is 105 Å². The van der Waals surface area contributed by atoms with Gasteiger partial charge in [-0.05, 0) is 81.0 Å². The van der Waals surface area contributed by atoms with Crippen LogP contribution in [0.15, 0.2) is 66.7 Å². The van der Waals surface area contributed by atoms with Crippen molar-refractivity contribution in [1.29, 1.82) is 0 Å². The number of nitrogens with one attached hydrogen (secondary N) is 1. The van der Waals surface area contributed by atoms with Gasteiger partial charge >= 0.3 is 11.9 Å². The molecular formula is C36H40Cl2F2N2O5. The highest BCUT2D eigenvalue weighted by Crippen LogP contribution is 2.48. The van der Waals surface area contributed by atoms with E-state index < -0.39 is 53.4 Å². The highest BCUT2D eigenvalue weighted by atomic mass is 35.5. The summed E-state index contributed by atoms with van der Waals surface area (Å²) in [6.45, 7) is 4.76. The number of benzene rings is 3. The molecule has 0 spiro atoms. The van der Waals surface area contributed by atoms with Crippen molar-refractivity contribution in [3.8, 4) is 0 Å². The van der Waals surface area contributed by atoms with Crippen molar-refractivity contribution in [3.63, 3.8) is 0 Å². The summed E-state index contributed by atoms with van der Waals surface area (Å²) in [6, 6.07) is 16.4. The molecule has 5 rings (SSSR count). The van der Waals surface area contributed by atoms with Gasteiger partial charge < -0.3 is 19.8 Å². The van der Waals surface area contributed by atoms with E-state index in [-0.39, 0.29) is 18.9 Å². The van der Waals surface area contributed by atoms with Gasteiger partial charge in [0.2, 0.25) is 0 Å². The van der Waals surface area contributed by atoms with Gasteiger partial charge in [-0.1, -0.05) is 78.5 Å². The van der Waals surface area contributed by atoms with E-state index in [2.05, 4.69) is 5.32 Å². The van der Waals surface area contributed by atoms with Crippen LogP contribution >= 0.6 is 23.2 Å². The molecule has 252 valence electrons. The Kier molecular flexibility index (Phi) is 10.6. The number of hydrogen-bond donors (Lipinski definition) is 3. The molecule has 1 saturated carbocycles. The summed E-state index contributed by atoms with van der Waals surface area (Å²) in [5.74, 6) is -6.43. The minimum atomic E-state index is -3.84. The van der Waals surface area contributed by atoms with Gasteiger partial charge in [-0.15, -0.1) is 0 Å². The van der Waals surface area contributed by atoms with Crippen molar-refractivity contribution >= 4 is 35.1 Å². The third kappa shape index (κ3) is 7.65. The fourth-order valence-corrected chi connectivity index (χ4v) is 7.19. The molecular weight excluding hydrogens is 649 g/mol. The number of amides is 1. The van der Waals surface area contributed by atoms with Crippen LogP contribution in [-0.2, 0) is 21.9 Å². The van der Waals surface area contributed by atoms with Crippen LogP contribution in [0.4, 0.5) is 8.78 Å². The highest BCUT2D eigenvalue weighted by Gasteiger charge is 2.49. The van der Waals surface area contributed by atoms with Crippen molar-refractivity contribution in [2.24, 2.45) is 0 Å². The predicted molar refractivity (Wildman–Crippen MR) is 177 cm³/mol. The molecule has 1 amide bonds. The topological polar surface area (TPSA) is 99.1 Å². The Balaban J connectivity index is 1.44. The van der Waals surface area contributed by atoms with Gasteiger partial charge in [0.05, 0.1) is 18.2 Å². The number of carbonyl (C=O) groups excluding carboxylic acids is 2. The zero-order valence-electron chi connectivity index (χ0n) is 26.6. The van der Waals surface area contributed by atoms with E-state index in [1.54, 1.807) is 53.4 Å². The lowest BCUT2D eigenvalue weighted by Crippen LogP contribution is -2.56. The monoisotopic (exact) mass is 688 g/mol. The molecule has 3 aromatic rings. The average molecular weight is 690 g/mol. The van der Waals surface area contributed by atoms with Gasteiger partial charge in [0.1, 0.15) is 11.8 Å². The van der Waals surface area contributed by atoms with E-state index in [9.17, 15) is 19.8 Å². The molecule has 1 unspecified atom stereocenters. The first kappa shape index (κ1) is 35.2. The minimum absolute atomic E-state index is 0.183. The molecule has 0 radical (unpaired) electrons. The number of rotatable bonds is 9. The number of halogens is 4. The number of hydrogen-bond acceptors (Lipinski definition) is 6. The van der Waals surface area contributed by atoms with Crippen LogP contribution < -0.4 is 5.32 Å². The Labute approximate surface area is 283 Å². The second-order valence-corrected chi connectivity index (χ2v) is 14.1. The molecule has 7 nitrogen and oxygen atoms in total. The maximum Gasteiger partial charge on any atom is 0.382 e. The van der Waals surface area contributed by atoms with Gasteiger partial charge in [-0.3, -0.25) is 10.1 Å². The van der Waals surface area contributed by atoms with E-state index in [1.165, 1.54) is 39.0 Å². The number of fused-ring (bicyclic) bond motifs is 1. The Morgan fingerprint density at radius 2 is 1.74 bits per heavy atom. The number of ether oxygens (including phenoxy) is 1. The molecule has 11 heteroatoms. The van der Waals surface area contributed by atoms with Crippen molar-refractivity contribution in [2.75, 3.05) is 6.54 Å². The molecule has 1 aliphatic carbocycles. The van der Waals surface area contributed by atoms with E-state index in [1.807, 2.05) is 0 Å². The first-order valence-corrected chi connectivity index (χ1v) is 16.6. The molecule has 5 atom stereocenters. The number of carbonyl (C=O) groups is 2. The molecule has 0 aromatic heterocycles. The number of nitrogens with zero attached hydrogens (tertiary/aromatic N) is 1. The van der Waals surface area contributed by atoms with E-state index in [0.717, 1.165) is 12.8 Å². The molecule has 1 heterocycles. The van der Waals surface area contributed by atoms with Crippen LogP contribution in [0.25, 0.3) is 0 Å². The van der Waals surface area contributed by atoms with Crippen LogP contribution in [-0.4, -0.2) is 57.5 Å². The first-order chi connectivity index (χ1) is 22.2. The molecule has 2 aliphatic rings. The van der Waals surface area contributed by atoms with Gasteiger partial charge in [0.25, 0.3) is 5.91 Å². The number of alkyl halides is 2. The zero-order valence-corrected chi connectivity index (χ0v) is 28.1. The number of aliphatic hydroxyl groups is 2. The predicted octanol–water partition coefficient (Wildman–Crippen LogP) is 7.16. The van der Waals surface area contributed by atoms with Gasteiger partial charge in [-0.25, -0.2) is 4.79 Å². The van der Waals surface area contributed by atoms with Crippen LogP contribution in [0.2, 0.25) is 10.0 Å². The van der Waals surface area contributed by atoms with Crippen molar-refractivity contribution < 1.29 is 33.3 Å². The number of esters is 1. The van der Waals surface area contributed by atoms with Crippen LogP contribution in [0, 0.1) is 0 Å². The summed E-state index contributed by atoms with van der Waals surface area (Å²) >= 11 is 13.0. The first-order valence-electron chi connectivity index (χ1n) is 15.9. The van der Waals surface area contributed by atoms with Crippen LogP contribution in [0.3, 0.4) is 0 Å². The Hall–Kier alpha value is -3.08. The van der Waals surface area contributed by atoms with E-state index >= 15 is 8.78 Å². The third-order valence-corrected chi connectivity index (χ3v) is 9.37. The summed E-state index contributed by atoms with van der Waals surface area (Å²) in [7, 11) is 0. The lowest BCUT2D eigenvalue weighted by Gasteiger charge is -2.49. The normalized spacial score (nSPS) is 22.5. The van der Waals surface area contributed by atoms with Crippen molar-refractivity contribution in [1.82, 2.24) is 10.2 Å². The standard InChI is InChI=1S/C36H40Cl2F2N2O5/c1-35(2,3)47-34(46)36(39,40)22-10-8-9-21(19-22)17-18-41-32(44)30-24-11-4-5-12-25(24)33(45)42(28-13-6-7-14-29(28)43)31(30)26-16-15-23(37)20-27(26)38/h4-5,8-12,15-16,19-20,28-32,41,43-44H,6-7,13-14,17-18H2,1-3H3/t28-,29-,30+,31-,32?/m0/s1. The second-order valence-electron chi connectivity index (χ2n) is 13.3. The molecule has 47 heavy (non-hydrogen) atoms. The van der Waals surface area contributed by atoms with Gasteiger partial charge in [0.15, 0.2) is 0 Å².